The van der Waals surface area contributed by atoms with E-state index in [2.05, 4.69) is 6.08 Å². The molecule has 0 aliphatic heterocycles. The molecule has 0 saturated heterocycles. The molecule has 0 radical (unpaired) electrons. The first-order valence-corrected chi connectivity index (χ1v) is 10.6. The number of allylic oxidation sites excluding steroid dienone is 4. The Bertz CT molecular complexity index is 306. The zero-order chi connectivity index (χ0) is 19.5. The van der Waals surface area contributed by atoms with Crippen molar-refractivity contribution >= 4 is 15.3 Å². The maximum atomic E-state index is 11.8. The minimum absolute atomic E-state index is 0. The van der Waals surface area contributed by atoms with Crippen LogP contribution >= 0.6 is 0 Å². The van der Waals surface area contributed by atoms with Crippen molar-refractivity contribution in [1.82, 2.24) is 0 Å². The number of hydrogen-bond donors (Lipinski definition) is 3. The Morgan fingerprint density at radius 3 is 1.17 bits per heavy atom. The molecule has 3 N–H and O–H groups in total. The van der Waals surface area contributed by atoms with Gasteiger partial charge in [-0.3, -0.25) is 0 Å². The van der Waals surface area contributed by atoms with Gasteiger partial charge >= 0.3 is 51.3 Å². The average molecular weight is 489 g/mol. The fourth-order valence-electron chi connectivity index (χ4n) is 0.571. The zero-order valence-corrected chi connectivity index (χ0v) is 21.4. The fourth-order valence-corrected chi connectivity index (χ4v) is 1.73. The van der Waals surface area contributed by atoms with Crippen molar-refractivity contribution < 1.29 is 48.5 Å². The van der Waals surface area contributed by atoms with Crippen LogP contribution in [-0.4, -0.2) is 47.4 Å². The number of halogens is 2. The van der Waals surface area contributed by atoms with Gasteiger partial charge in [-0.25, -0.2) is 0 Å². The van der Waals surface area contributed by atoms with Crippen molar-refractivity contribution in [3.63, 3.8) is 0 Å². The van der Waals surface area contributed by atoms with E-state index in [9.17, 15) is 7.00 Å². The summed E-state index contributed by atoms with van der Waals surface area (Å²) in [5.41, 5.74) is -1.50. The fraction of sp³-hybridized carbons (Fsp3) is 0.765. The molecule has 0 atom stereocenters. The van der Waals surface area contributed by atoms with Crippen molar-refractivity contribution in [1.29, 1.82) is 0 Å². The molecule has 0 heterocycles. The second-order valence-corrected chi connectivity index (χ2v) is 10.6. The Labute approximate surface area is 171 Å². The topological polar surface area (TPSA) is 60.7 Å². The Morgan fingerprint density at radius 2 is 1.08 bits per heavy atom. The number of hydrogen-bond acceptors (Lipinski definition) is 3. The molecule has 0 amide bonds. The molecular formula is C17H35F2GeO3Zr-. The van der Waals surface area contributed by atoms with Crippen LogP contribution in [0.1, 0.15) is 68.7 Å². The first kappa shape index (κ1) is 32.3. The van der Waals surface area contributed by atoms with Crippen LogP contribution < -0.4 is 0 Å². The minimum Gasteiger partial charge on any atom is 0 e. The number of aliphatic hydroxyl groups is 3. The maximum absolute atomic E-state index is 11.8. The Morgan fingerprint density at radius 1 is 0.833 bits per heavy atom. The van der Waals surface area contributed by atoms with Crippen molar-refractivity contribution in [2.45, 2.75) is 85.5 Å². The first-order chi connectivity index (χ1) is 9.80. The van der Waals surface area contributed by atoms with E-state index in [4.69, 9.17) is 15.3 Å². The summed E-state index contributed by atoms with van der Waals surface area (Å²) in [4.78, 5) is 0. The van der Waals surface area contributed by atoms with Crippen LogP contribution in [0.15, 0.2) is 16.6 Å². The van der Waals surface area contributed by atoms with Gasteiger partial charge in [0, 0.05) is 26.2 Å². The molecule has 1 rings (SSSR count). The Hall–Kier alpha value is 0.646. The van der Waals surface area contributed by atoms with Crippen molar-refractivity contribution in [2.24, 2.45) is 0 Å². The molecule has 0 aromatic heterocycles. The smallest absolute Gasteiger partial charge is 0 e. The third kappa shape index (κ3) is 78.2. The van der Waals surface area contributed by atoms with Crippen LogP contribution in [-0.2, 0) is 26.2 Å². The van der Waals surface area contributed by atoms with Crippen LogP contribution in [0.4, 0.5) is 7.00 Å². The summed E-state index contributed by atoms with van der Waals surface area (Å²) in [5.74, 6) is 0. The van der Waals surface area contributed by atoms with E-state index < -0.39 is 32.1 Å². The van der Waals surface area contributed by atoms with Crippen molar-refractivity contribution in [2.75, 3.05) is 0 Å². The molecule has 7 heteroatoms. The molecule has 0 aromatic carbocycles. The van der Waals surface area contributed by atoms with Gasteiger partial charge in [-0.05, 0) is 62.3 Å². The molecule has 0 saturated carbocycles. The molecule has 0 bridgehead atoms. The van der Waals surface area contributed by atoms with Crippen LogP contribution in [0.3, 0.4) is 0 Å². The van der Waals surface area contributed by atoms with Gasteiger partial charge in [0.2, 0.25) is 0 Å². The quantitative estimate of drug-likeness (QED) is 0.389. The largest absolute Gasteiger partial charge is 0 e. The molecule has 1 aliphatic carbocycles. The molecule has 0 spiro atoms. The third-order valence-corrected chi connectivity index (χ3v) is 2.78. The molecule has 0 fully saturated rings. The van der Waals surface area contributed by atoms with Gasteiger partial charge in [-0.2, -0.15) is 0 Å². The van der Waals surface area contributed by atoms with Crippen molar-refractivity contribution in [3.8, 4) is 0 Å². The Kier molecular flexibility index (Phi) is 19.9. The third-order valence-electron chi connectivity index (χ3n) is 0.957. The monoisotopic (exact) mass is 489 g/mol. The van der Waals surface area contributed by atoms with E-state index >= 15 is 0 Å². The second-order valence-electron chi connectivity index (χ2n) is 8.05. The SMILES string of the molecule is CC(C)(C)O.CC(C)(C)O.CC(C)(C)O.[F][GeH]([F])[C]1=[C-]CC=C1.[Zr]. The molecule has 0 aromatic rings. The summed E-state index contributed by atoms with van der Waals surface area (Å²) < 4.78 is 23.8. The van der Waals surface area contributed by atoms with Crippen LogP contribution in [0, 0.1) is 6.08 Å². The summed E-state index contributed by atoms with van der Waals surface area (Å²) in [7, 11) is 0. The first-order valence-electron chi connectivity index (χ1n) is 7.53. The van der Waals surface area contributed by atoms with E-state index in [-0.39, 0.29) is 30.6 Å². The normalized spacial score (nSPS) is 13.4. The molecule has 0 unspecified atom stereocenters. The van der Waals surface area contributed by atoms with Gasteiger partial charge in [-0.15, -0.1) is 0 Å². The summed E-state index contributed by atoms with van der Waals surface area (Å²) in [6.45, 7) is 15.7. The minimum atomic E-state index is -3.91. The second kappa shape index (κ2) is 14.8. The summed E-state index contributed by atoms with van der Waals surface area (Å²) in [6, 6.07) is 0. The van der Waals surface area contributed by atoms with E-state index in [1.54, 1.807) is 68.4 Å². The standard InChI is InChI=1S/C5H5F2Ge.3C4H10O.Zr/c6-8(7)5-3-1-2-4-5;3*1-4(2,3)5;/h1,3,8H,2H2;3*5H,1-3H3;/q-1;;;;. The van der Waals surface area contributed by atoms with E-state index in [1.165, 1.54) is 6.08 Å². The van der Waals surface area contributed by atoms with Gasteiger partial charge in [0.05, 0.1) is 16.8 Å². The van der Waals surface area contributed by atoms with Crippen molar-refractivity contribution in [3.05, 3.63) is 22.6 Å². The summed E-state index contributed by atoms with van der Waals surface area (Å²) in [6.07, 6.45) is 6.39. The van der Waals surface area contributed by atoms with E-state index in [1.807, 2.05) is 0 Å². The molecular weight excluding hydrogens is 454 g/mol. The Balaban J connectivity index is -0.000000113. The van der Waals surface area contributed by atoms with Gasteiger partial charge < -0.3 is 15.3 Å². The molecule has 1 aliphatic rings. The predicted molar refractivity (Wildman–Crippen MR) is 95.8 cm³/mol. The number of rotatable bonds is 1. The molecule has 3 nitrogen and oxygen atoms in total. The van der Waals surface area contributed by atoms with Gasteiger partial charge in [-0.1, -0.05) is 0 Å². The summed E-state index contributed by atoms with van der Waals surface area (Å²) in [5, 5.41) is 25.6. The maximum Gasteiger partial charge on any atom is 0 e. The van der Waals surface area contributed by atoms with E-state index in [0.717, 1.165) is 0 Å². The molecule has 144 valence electrons. The van der Waals surface area contributed by atoms with Crippen LogP contribution in [0.25, 0.3) is 0 Å². The van der Waals surface area contributed by atoms with E-state index in [0.29, 0.717) is 6.42 Å². The van der Waals surface area contributed by atoms with Crippen LogP contribution in [0.5, 0.6) is 0 Å². The van der Waals surface area contributed by atoms with Gasteiger partial charge in [0.15, 0.2) is 0 Å². The predicted octanol–water partition coefficient (Wildman–Crippen LogP) is 3.70. The van der Waals surface area contributed by atoms with Gasteiger partial charge in [0.1, 0.15) is 0 Å². The van der Waals surface area contributed by atoms with Gasteiger partial charge in [0.25, 0.3) is 0 Å². The summed E-state index contributed by atoms with van der Waals surface area (Å²) >= 11 is -3.91. The zero-order valence-electron chi connectivity index (χ0n) is 16.5. The average Bonchev–Trinajstić information content (AvgIpc) is 2.59. The van der Waals surface area contributed by atoms with Crippen LogP contribution in [0.2, 0.25) is 0 Å². The molecule has 24 heavy (non-hydrogen) atoms.